The van der Waals surface area contributed by atoms with Crippen molar-refractivity contribution in [3.05, 3.63) is 46.3 Å². The van der Waals surface area contributed by atoms with Crippen LogP contribution in [0, 0.1) is 0 Å². The highest BCUT2D eigenvalue weighted by atomic mass is 32.1. The van der Waals surface area contributed by atoms with Gasteiger partial charge in [-0.15, -0.1) is 0 Å². The molecule has 0 radical (unpaired) electrons. The maximum absolute atomic E-state index is 9.99. The molecule has 1 N–H and O–H groups in total. The highest BCUT2D eigenvalue weighted by Crippen LogP contribution is 2.23. The Balaban J connectivity index is 2.29. The molecule has 78 valence electrons. The second-order valence-corrected chi connectivity index (χ2v) is 3.84. The molecule has 0 fully saturated rings. The first kappa shape index (κ1) is 10.1. The predicted molar refractivity (Wildman–Crippen MR) is 59.2 cm³/mol. The predicted octanol–water partition coefficient (Wildman–Crippen LogP) is 2.23. The van der Waals surface area contributed by atoms with Crippen molar-refractivity contribution in [1.29, 1.82) is 0 Å². The van der Waals surface area contributed by atoms with Crippen molar-refractivity contribution in [3.8, 4) is 5.88 Å². The normalized spacial score (nSPS) is 12.4. The highest BCUT2D eigenvalue weighted by molar-refractivity contribution is 7.07. The Labute approximate surface area is 92.0 Å². The molecule has 3 nitrogen and oxygen atoms in total. The van der Waals surface area contributed by atoms with Crippen molar-refractivity contribution in [1.82, 2.24) is 4.98 Å². The molecule has 0 bridgehead atoms. The van der Waals surface area contributed by atoms with Gasteiger partial charge in [0.05, 0.1) is 12.8 Å². The van der Waals surface area contributed by atoms with Crippen molar-refractivity contribution in [2.75, 3.05) is 7.11 Å². The monoisotopic (exact) mass is 221 g/mol. The van der Waals surface area contributed by atoms with Crippen LogP contribution in [0.15, 0.2) is 35.0 Å². The van der Waals surface area contributed by atoms with E-state index in [2.05, 4.69) is 4.98 Å². The Kier molecular flexibility index (Phi) is 2.99. The van der Waals surface area contributed by atoms with E-state index in [0.717, 1.165) is 5.56 Å². The SMILES string of the molecule is COc1cccc(C(O)c2ccsc2)n1. The summed E-state index contributed by atoms with van der Waals surface area (Å²) in [6, 6.07) is 7.24. The molecule has 4 heteroatoms. The average Bonchev–Trinajstić information content (AvgIpc) is 2.81. The number of hydrogen-bond donors (Lipinski definition) is 1. The number of nitrogens with zero attached hydrogens (tertiary/aromatic N) is 1. The standard InChI is InChI=1S/C11H11NO2S/c1-14-10-4-2-3-9(12-10)11(13)8-5-6-15-7-8/h2-7,11,13H,1H3. The molecule has 0 aromatic carbocycles. The van der Waals surface area contributed by atoms with Gasteiger partial charge in [0.25, 0.3) is 0 Å². The lowest BCUT2D eigenvalue weighted by molar-refractivity contribution is 0.214. The lowest BCUT2D eigenvalue weighted by Gasteiger charge is -2.09. The van der Waals surface area contributed by atoms with E-state index >= 15 is 0 Å². The number of hydrogen-bond acceptors (Lipinski definition) is 4. The zero-order chi connectivity index (χ0) is 10.7. The van der Waals surface area contributed by atoms with Gasteiger partial charge in [-0.25, -0.2) is 4.98 Å². The number of aliphatic hydroxyl groups is 1. The summed E-state index contributed by atoms with van der Waals surface area (Å²) in [5, 5.41) is 13.8. The van der Waals surface area contributed by atoms with E-state index in [1.165, 1.54) is 0 Å². The first-order chi connectivity index (χ1) is 7.31. The summed E-state index contributed by atoms with van der Waals surface area (Å²) in [4.78, 5) is 4.18. The molecule has 0 aliphatic heterocycles. The van der Waals surface area contributed by atoms with Crippen LogP contribution in [0.4, 0.5) is 0 Å². The van der Waals surface area contributed by atoms with Crippen LogP contribution in [-0.2, 0) is 0 Å². The number of methoxy groups -OCH3 is 1. The summed E-state index contributed by atoms with van der Waals surface area (Å²) >= 11 is 1.55. The van der Waals surface area contributed by atoms with Crippen LogP contribution in [0.2, 0.25) is 0 Å². The summed E-state index contributed by atoms with van der Waals surface area (Å²) in [6.45, 7) is 0. The summed E-state index contributed by atoms with van der Waals surface area (Å²) in [6.07, 6.45) is -0.675. The average molecular weight is 221 g/mol. The van der Waals surface area contributed by atoms with Gasteiger partial charge in [0.15, 0.2) is 0 Å². The third kappa shape index (κ3) is 2.16. The minimum absolute atomic E-state index is 0.516. The number of rotatable bonds is 3. The van der Waals surface area contributed by atoms with Crippen molar-refractivity contribution in [2.24, 2.45) is 0 Å². The fraction of sp³-hybridized carbons (Fsp3) is 0.182. The van der Waals surface area contributed by atoms with Crippen molar-refractivity contribution in [2.45, 2.75) is 6.10 Å². The van der Waals surface area contributed by atoms with Gasteiger partial charge in [-0.2, -0.15) is 11.3 Å². The van der Waals surface area contributed by atoms with Crippen LogP contribution in [0.5, 0.6) is 5.88 Å². The second kappa shape index (κ2) is 4.42. The molecular weight excluding hydrogens is 210 g/mol. The molecule has 2 aromatic heterocycles. The fourth-order valence-corrected chi connectivity index (χ4v) is 1.98. The third-order valence-electron chi connectivity index (χ3n) is 2.09. The lowest BCUT2D eigenvalue weighted by atomic mass is 10.1. The number of ether oxygens (including phenoxy) is 1. The maximum Gasteiger partial charge on any atom is 0.213 e. The van der Waals surface area contributed by atoms with Crippen LogP contribution < -0.4 is 4.74 Å². The minimum atomic E-state index is -0.675. The van der Waals surface area contributed by atoms with Gasteiger partial charge in [0, 0.05) is 6.07 Å². The smallest absolute Gasteiger partial charge is 0.213 e. The second-order valence-electron chi connectivity index (χ2n) is 3.06. The Morgan fingerprint density at radius 3 is 2.93 bits per heavy atom. The van der Waals surface area contributed by atoms with Gasteiger partial charge < -0.3 is 9.84 Å². The molecule has 1 unspecified atom stereocenters. The molecule has 0 spiro atoms. The van der Waals surface area contributed by atoms with E-state index in [0.29, 0.717) is 11.6 Å². The highest BCUT2D eigenvalue weighted by Gasteiger charge is 2.12. The van der Waals surface area contributed by atoms with Crippen LogP contribution >= 0.6 is 11.3 Å². The van der Waals surface area contributed by atoms with Gasteiger partial charge in [-0.3, -0.25) is 0 Å². The molecule has 0 amide bonds. The number of thiophene rings is 1. The molecule has 2 rings (SSSR count). The van der Waals surface area contributed by atoms with E-state index in [1.54, 1.807) is 30.6 Å². The molecule has 0 aliphatic carbocycles. The zero-order valence-corrected chi connectivity index (χ0v) is 9.07. The quantitative estimate of drug-likeness (QED) is 0.864. The van der Waals surface area contributed by atoms with Crippen LogP contribution in [0.3, 0.4) is 0 Å². The van der Waals surface area contributed by atoms with Gasteiger partial charge in [-0.1, -0.05) is 6.07 Å². The van der Waals surface area contributed by atoms with Gasteiger partial charge in [0.1, 0.15) is 6.10 Å². The molecule has 2 heterocycles. The summed E-state index contributed by atoms with van der Waals surface area (Å²) in [5.74, 6) is 0.516. The van der Waals surface area contributed by atoms with E-state index < -0.39 is 6.10 Å². The fourth-order valence-electron chi connectivity index (χ4n) is 1.30. The third-order valence-corrected chi connectivity index (χ3v) is 2.79. The van der Waals surface area contributed by atoms with Crippen molar-refractivity contribution in [3.63, 3.8) is 0 Å². The van der Waals surface area contributed by atoms with E-state index in [9.17, 15) is 5.11 Å². The molecule has 0 saturated carbocycles. The zero-order valence-electron chi connectivity index (χ0n) is 8.25. The molecule has 1 atom stereocenters. The number of aliphatic hydroxyl groups excluding tert-OH is 1. The van der Waals surface area contributed by atoms with E-state index in [1.807, 2.05) is 22.9 Å². The maximum atomic E-state index is 9.99. The van der Waals surface area contributed by atoms with E-state index in [-0.39, 0.29) is 0 Å². The molecule has 0 saturated heterocycles. The Morgan fingerprint density at radius 2 is 2.27 bits per heavy atom. The van der Waals surface area contributed by atoms with Gasteiger partial charge in [-0.05, 0) is 28.5 Å². The van der Waals surface area contributed by atoms with E-state index in [4.69, 9.17) is 4.74 Å². The Hall–Kier alpha value is -1.39. The first-order valence-electron chi connectivity index (χ1n) is 4.52. The molecular formula is C11H11NO2S. The summed E-state index contributed by atoms with van der Waals surface area (Å²) in [7, 11) is 1.56. The van der Waals surface area contributed by atoms with Crippen molar-refractivity contribution >= 4 is 11.3 Å². The first-order valence-corrected chi connectivity index (χ1v) is 5.46. The summed E-state index contributed by atoms with van der Waals surface area (Å²) < 4.78 is 5.00. The van der Waals surface area contributed by atoms with Gasteiger partial charge in [0.2, 0.25) is 5.88 Å². The Bertz CT molecular complexity index is 428. The van der Waals surface area contributed by atoms with Crippen LogP contribution in [0.1, 0.15) is 17.4 Å². The molecule has 2 aromatic rings. The van der Waals surface area contributed by atoms with Gasteiger partial charge >= 0.3 is 0 Å². The van der Waals surface area contributed by atoms with Crippen molar-refractivity contribution < 1.29 is 9.84 Å². The summed E-state index contributed by atoms with van der Waals surface area (Å²) in [5.41, 5.74) is 1.47. The van der Waals surface area contributed by atoms with Crippen LogP contribution in [-0.4, -0.2) is 17.2 Å². The number of pyridine rings is 1. The molecule has 15 heavy (non-hydrogen) atoms. The lowest BCUT2D eigenvalue weighted by Crippen LogP contribution is -2.01. The minimum Gasteiger partial charge on any atom is -0.481 e. The van der Waals surface area contributed by atoms with Crippen LogP contribution in [0.25, 0.3) is 0 Å². The Morgan fingerprint density at radius 1 is 1.40 bits per heavy atom. The topological polar surface area (TPSA) is 42.4 Å². The molecule has 0 aliphatic rings. The largest absolute Gasteiger partial charge is 0.481 e. The number of aromatic nitrogens is 1.